The number of piperidine rings is 2. The second-order valence-corrected chi connectivity index (χ2v) is 15.7. The number of alkyl halides is 3. The van der Waals surface area contributed by atoms with Crippen molar-refractivity contribution in [2.45, 2.75) is 81.8 Å². The number of nitrogens with one attached hydrogen (secondary N) is 2. The van der Waals surface area contributed by atoms with Gasteiger partial charge in [0.2, 0.25) is 11.8 Å². The van der Waals surface area contributed by atoms with Crippen molar-refractivity contribution >= 4 is 52.2 Å². The Kier molecular flexibility index (Phi) is 10.0. The first-order valence-electron chi connectivity index (χ1n) is 17.6. The summed E-state index contributed by atoms with van der Waals surface area (Å²) in [7, 11) is 3.56. The average molecular weight is 736 g/mol. The molecule has 15 heteroatoms. The lowest BCUT2D eigenvalue weighted by Gasteiger charge is -2.42. The van der Waals surface area contributed by atoms with Crippen LogP contribution in [-0.4, -0.2) is 120 Å². The molecule has 3 atom stereocenters. The smallest absolute Gasteiger partial charge is 0.386 e. The van der Waals surface area contributed by atoms with Crippen LogP contribution in [0.1, 0.15) is 55.2 Å². The van der Waals surface area contributed by atoms with E-state index in [-0.39, 0.29) is 53.0 Å². The quantitative estimate of drug-likeness (QED) is 0.376. The van der Waals surface area contributed by atoms with Crippen molar-refractivity contribution < 1.29 is 27.6 Å². The molecule has 10 nitrogen and oxygen atoms in total. The van der Waals surface area contributed by atoms with Gasteiger partial charge in [0.05, 0.1) is 34.4 Å². The molecule has 5 aliphatic rings. The van der Waals surface area contributed by atoms with Gasteiger partial charge in [0.25, 0.3) is 0 Å². The van der Waals surface area contributed by atoms with Gasteiger partial charge < -0.3 is 30.2 Å². The van der Waals surface area contributed by atoms with Gasteiger partial charge >= 0.3 is 12.2 Å². The van der Waals surface area contributed by atoms with Gasteiger partial charge in [-0.3, -0.25) is 14.5 Å². The first-order valence-corrected chi connectivity index (χ1v) is 18.9. The van der Waals surface area contributed by atoms with Crippen LogP contribution < -0.4 is 10.6 Å². The molecule has 0 aliphatic carbocycles. The molecule has 1 aromatic carbocycles. The molecule has 7 rings (SSSR count). The van der Waals surface area contributed by atoms with Gasteiger partial charge in [-0.25, -0.2) is 4.79 Å². The zero-order chi connectivity index (χ0) is 35.3. The van der Waals surface area contributed by atoms with Gasteiger partial charge in [-0.15, -0.1) is 11.3 Å². The standard InChI is InChI=1S/C35H45ClF3N7O3S/c1-40-32-28(35(37,38)39)12-21(13-29(32)36)11-22(33(48)44-9-5-24(6-10-44)45-18-26-15-27(45)17-42(26)2)14-31(47)43-7-3-25(4-8-43)46-16-23-19-50-20-30(23)41-34(46)49/h12-13,19-20,22,24-27,40H,3-11,14-18H2,1-2H3,(H,41,49)/t22-,26?,27?/m0/s1. The Hall–Kier alpha value is -3.07. The first kappa shape index (κ1) is 35.3. The lowest BCUT2D eigenvalue weighted by atomic mass is 9.91. The molecule has 272 valence electrons. The normalized spacial score (nSPS) is 24.4. The number of piperazine rings is 1. The molecule has 1 aromatic heterocycles. The number of likely N-dealkylation sites (tertiary alicyclic amines) is 4. The minimum atomic E-state index is -4.65. The van der Waals surface area contributed by atoms with Crippen LogP contribution in [0.15, 0.2) is 22.9 Å². The van der Waals surface area contributed by atoms with Crippen molar-refractivity contribution in [2.75, 3.05) is 64.0 Å². The maximum absolute atomic E-state index is 14.2. The molecule has 50 heavy (non-hydrogen) atoms. The Balaban J connectivity index is 1.03. The molecule has 0 radical (unpaired) electrons. The van der Waals surface area contributed by atoms with Crippen LogP contribution in [0.4, 0.5) is 29.3 Å². The van der Waals surface area contributed by atoms with Crippen LogP contribution >= 0.6 is 22.9 Å². The Bertz CT molecular complexity index is 1610. The summed E-state index contributed by atoms with van der Waals surface area (Å²) in [5, 5.41) is 9.38. The van der Waals surface area contributed by atoms with E-state index in [2.05, 4.69) is 27.5 Å². The third-order valence-electron chi connectivity index (χ3n) is 11.6. The molecule has 4 saturated heterocycles. The summed E-state index contributed by atoms with van der Waals surface area (Å²) in [6, 6.07) is 3.90. The summed E-state index contributed by atoms with van der Waals surface area (Å²) < 4.78 is 42.2. The van der Waals surface area contributed by atoms with E-state index in [0.717, 1.165) is 43.2 Å². The Morgan fingerprint density at radius 2 is 1.70 bits per heavy atom. The Morgan fingerprint density at radius 3 is 2.34 bits per heavy atom. The number of amides is 4. The van der Waals surface area contributed by atoms with Crippen LogP contribution in [0.25, 0.3) is 0 Å². The van der Waals surface area contributed by atoms with Crippen molar-refractivity contribution in [1.82, 2.24) is 24.5 Å². The highest BCUT2D eigenvalue weighted by Crippen LogP contribution is 2.40. The molecule has 4 amide bonds. The SMILES string of the molecule is CNc1c(Cl)cc(C[C@@H](CC(=O)N2CCC(N3Cc4cscc4NC3=O)CC2)C(=O)N2CCC(N3CC4CC3CN4C)CC2)cc1C(F)(F)F. The number of urea groups is 1. The third kappa shape index (κ3) is 7.05. The highest BCUT2D eigenvalue weighted by Gasteiger charge is 2.45. The number of carbonyl (C=O) groups is 3. The number of fused-ring (bicyclic) bond motifs is 3. The molecule has 2 N–H and O–H groups in total. The summed E-state index contributed by atoms with van der Waals surface area (Å²) in [4.78, 5) is 51.2. The van der Waals surface area contributed by atoms with Gasteiger partial charge in [-0.2, -0.15) is 13.2 Å². The number of likely N-dealkylation sites (N-methyl/N-ethyl adjacent to an activating group) is 1. The lowest BCUT2D eigenvalue weighted by Crippen LogP contribution is -2.54. The second-order valence-electron chi connectivity index (χ2n) is 14.6. The zero-order valence-corrected chi connectivity index (χ0v) is 30.0. The fraction of sp³-hybridized carbons (Fsp3) is 0.629. The fourth-order valence-corrected chi connectivity index (χ4v) is 9.99. The maximum atomic E-state index is 14.2. The average Bonchev–Trinajstić information content (AvgIpc) is 3.82. The van der Waals surface area contributed by atoms with Crippen molar-refractivity contribution in [3.8, 4) is 0 Å². The largest absolute Gasteiger partial charge is 0.418 e. The summed E-state index contributed by atoms with van der Waals surface area (Å²) in [6.07, 6.45) is -0.723. The number of rotatable bonds is 8. The minimum absolute atomic E-state index is 0.0225. The van der Waals surface area contributed by atoms with Crippen molar-refractivity contribution in [1.29, 1.82) is 0 Å². The number of halogens is 4. The molecule has 4 fully saturated rings. The number of anilines is 2. The summed E-state index contributed by atoms with van der Waals surface area (Å²) in [6.45, 7) is 4.63. The number of benzene rings is 1. The van der Waals surface area contributed by atoms with Gasteiger partial charge in [0.1, 0.15) is 0 Å². The van der Waals surface area contributed by atoms with E-state index in [9.17, 15) is 27.6 Å². The monoisotopic (exact) mass is 735 g/mol. The van der Waals surface area contributed by atoms with Crippen LogP contribution in [0.2, 0.25) is 5.02 Å². The fourth-order valence-electron chi connectivity index (χ4n) is 8.87. The molecule has 0 saturated carbocycles. The Labute approximate surface area is 299 Å². The van der Waals surface area contributed by atoms with E-state index < -0.39 is 17.7 Å². The molecular formula is C35H45ClF3N7O3S. The van der Waals surface area contributed by atoms with Crippen LogP contribution in [0.5, 0.6) is 0 Å². The second kappa shape index (κ2) is 14.2. The van der Waals surface area contributed by atoms with Crippen molar-refractivity contribution in [3.63, 3.8) is 0 Å². The van der Waals surface area contributed by atoms with Gasteiger partial charge in [0, 0.05) is 87.8 Å². The highest BCUT2D eigenvalue weighted by molar-refractivity contribution is 7.08. The van der Waals surface area contributed by atoms with Gasteiger partial charge in [-0.05, 0) is 68.6 Å². The molecule has 2 aromatic rings. The van der Waals surface area contributed by atoms with E-state index in [1.165, 1.54) is 19.5 Å². The molecule has 2 unspecified atom stereocenters. The zero-order valence-electron chi connectivity index (χ0n) is 28.5. The minimum Gasteiger partial charge on any atom is -0.386 e. The molecule has 5 aliphatic heterocycles. The number of hydrogen-bond donors (Lipinski definition) is 2. The number of nitrogens with zero attached hydrogens (tertiary/aromatic N) is 5. The van der Waals surface area contributed by atoms with Crippen molar-refractivity contribution in [2.24, 2.45) is 5.92 Å². The molecular weight excluding hydrogens is 691 g/mol. The van der Waals surface area contributed by atoms with E-state index in [0.29, 0.717) is 63.7 Å². The third-order valence-corrected chi connectivity index (χ3v) is 12.7. The highest BCUT2D eigenvalue weighted by atomic mass is 35.5. The summed E-state index contributed by atoms with van der Waals surface area (Å²) in [5.41, 5.74) is 1.08. The lowest BCUT2D eigenvalue weighted by molar-refractivity contribution is -0.143. The summed E-state index contributed by atoms with van der Waals surface area (Å²) in [5.74, 6) is -1.24. The van der Waals surface area contributed by atoms with Crippen LogP contribution in [0.3, 0.4) is 0 Å². The van der Waals surface area contributed by atoms with Crippen LogP contribution in [-0.2, 0) is 28.7 Å². The molecule has 6 heterocycles. The predicted octanol–water partition coefficient (Wildman–Crippen LogP) is 5.43. The van der Waals surface area contributed by atoms with E-state index in [1.54, 1.807) is 16.2 Å². The van der Waals surface area contributed by atoms with E-state index >= 15 is 0 Å². The Morgan fingerprint density at radius 1 is 1.00 bits per heavy atom. The molecule has 0 spiro atoms. The topological polar surface area (TPSA) is 91.5 Å². The van der Waals surface area contributed by atoms with E-state index in [1.807, 2.05) is 20.6 Å². The number of thiophene rings is 1. The predicted molar refractivity (Wildman–Crippen MR) is 187 cm³/mol. The number of carbonyl (C=O) groups excluding carboxylic acids is 3. The molecule has 2 bridgehead atoms. The summed E-state index contributed by atoms with van der Waals surface area (Å²) >= 11 is 7.88. The van der Waals surface area contributed by atoms with Crippen LogP contribution in [0, 0.1) is 5.92 Å². The van der Waals surface area contributed by atoms with Crippen molar-refractivity contribution in [3.05, 3.63) is 44.6 Å². The first-order chi connectivity index (χ1) is 23.9. The maximum Gasteiger partial charge on any atom is 0.418 e. The van der Waals surface area contributed by atoms with E-state index in [4.69, 9.17) is 11.6 Å². The van der Waals surface area contributed by atoms with Gasteiger partial charge in [-0.1, -0.05) is 11.6 Å². The van der Waals surface area contributed by atoms with Gasteiger partial charge in [0.15, 0.2) is 0 Å². The number of hydrogen-bond acceptors (Lipinski definition) is 7.